The predicted octanol–water partition coefficient (Wildman–Crippen LogP) is 1.87. The lowest BCUT2D eigenvalue weighted by molar-refractivity contribution is -0.384. The molecule has 0 saturated heterocycles. The fourth-order valence-corrected chi connectivity index (χ4v) is 2.11. The monoisotopic (exact) mass is 303 g/mol. The van der Waals surface area contributed by atoms with Crippen molar-refractivity contribution in [3.63, 3.8) is 0 Å². The van der Waals surface area contributed by atoms with E-state index in [0.29, 0.717) is 0 Å². The van der Waals surface area contributed by atoms with Crippen LogP contribution in [0, 0.1) is 10.1 Å². The number of H-pyrrole nitrogens is 1. The number of nitrogens with zero attached hydrogens (tertiary/aromatic N) is 1. The second-order valence-corrected chi connectivity index (χ2v) is 4.31. The van der Waals surface area contributed by atoms with Crippen molar-refractivity contribution in [3.05, 3.63) is 51.8 Å². The van der Waals surface area contributed by atoms with Crippen LogP contribution in [-0.4, -0.2) is 28.4 Å². The van der Waals surface area contributed by atoms with E-state index in [1.54, 1.807) is 13.0 Å². The molecule has 3 N–H and O–H groups in total. The van der Waals surface area contributed by atoms with E-state index < -0.39 is 16.8 Å². The number of ether oxygens (including phenoxy) is 1. The molecule has 114 valence electrons. The SMILES string of the molecule is CCOC(=O)c1c[nH]c(C(N)=O)c1-c1ccccc1[N+](=O)[O-]. The van der Waals surface area contributed by atoms with Crippen molar-refractivity contribution in [2.24, 2.45) is 5.73 Å². The summed E-state index contributed by atoms with van der Waals surface area (Å²) < 4.78 is 4.90. The molecule has 2 aromatic rings. The van der Waals surface area contributed by atoms with Gasteiger partial charge in [-0.3, -0.25) is 14.9 Å². The zero-order valence-corrected chi connectivity index (χ0v) is 11.7. The molecule has 1 aromatic carbocycles. The summed E-state index contributed by atoms with van der Waals surface area (Å²) in [7, 11) is 0. The van der Waals surface area contributed by atoms with Gasteiger partial charge in [0.1, 0.15) is 5.69 Å². The smallest absolute Gasteiger partial charge is 0.340 e. The lowest BCUT2D eigenvalue weighted by Crippen LogP contribution is -2.14. The van der Waals surface area contributed by atoms with Crippen LogP contribution in [-0.2, 0) is 4.74 Å². The summed E-state index contributed by atoms with van der Waals surface area (Å²) in [5.41, 5.74) is 5.15. The quantitative estimate of drug-likeness (QED) is 0.495. The number of esters is 1. The average Bonchev–Trinajstić information content (AvgIpc) is 2.92. The van der Waals surface area contributed by atoms with Crippen LogP contribution in [0.2, 0.25) is 0 Å². The summed E-state index contributed by atoms with van der Waals surface area (Å²) in [6, 6.07) is 5.77. The van der Waals surface area contributed by atoms with E-state index in [1.807, 2.05) is 0 Å². The molecule has 0 bridgehead atoms. The van der Waals surface area contributed by atoms with Crippen LogP contribution in [0.15, 0.2) is 30.5 Å². The molecule has 0 saturated carbocycles. The Morgan fingerprint density at radius 2 is 2.05 bits per heavy atom. The van der Waals surface area contributed by atoms with Gasteiger partial charge in [-0.1, -0.05) is 12.1 Å². The zero-order chi connectivity index (χ0) is 16.3. The van der Waals surface area contributed by atoms with Gasteiger partial charge in [0.15, 0.2) is 0 Å². The first-order valence-corrected chi connectivity index (χ1v) is 6.39. The minimum Gasteiger partial charge on any atom is -0.462 e. The van der Waals surface area contributed by atoms with Crippen LogP contribution in [0.25, 0.3) is 11.1 Å². The third-order valence-corrected chi connectivity index (χ3v) is 2.99. The number of hydrogen-bond acceptors (Lipinski definition) is 5. The highest BCUT2D eigenvalue weighted by Crippen LogP contribution is 2.34. The van der Waals surface area contributed by atoms with Crippen LogP contribution in [0.5, 0.6) is 0 Å². The van der Waals surface area contributed by atoms with E-state index in [0.717, 1.165) is 0 Å². The van der Waals surface area contributed by atoms with Crippen molar-refractivity contribution >= 4 is 17.6 Å². The van der Waals surface area contributed by atoms with Gasteiger partial charge in [0.05, 0.1) is 22.7 Å². The summed E-state index contributed by atoms with van der Waals surface area (Å²) in [4.78, 5) is 36.7. The van der Waals surface area contributed by atoms with Crippen molar-refractivity contribution in [2.45, 2.75) is 6.92 Å². The largest absolute Gasteiger partial charge is 0.462 e. The van der Waals surface area contributed by atoms with Gasteiger partial charge in [-0.15, -0.1) is 0 Å². The fraction of sp³-hybridized carbons (Fsp3) is 0.143. The van der Waals surface area contributed by atoms with Crippen LogP contribution >= 0.6 is 0 Å². The number of para-hydroxylation sites is 1. The van der Waals surface area contributed by atoms with E-state index in [2.05, 4.69) is 4.98 Å². The van der Waals surface area contributed by atoms with Gasteiger partial charge >= 0.3 is 5.97 Å². The Hall–Kier alpha value is -3.16. The van der Waals surface area contributed by atoms with Gasteiger partial charge in [0, 0.05) is 17.8 Å². The third-order valence-electron chi connectivity index (χ3n) is 2.99. The molecule has 22 heavy (non-hydrogen) atoms. The minimum atomic E-state index is -0.830. The first-order valence-electron chi connectivity index (χ1n) is 6.39. The predicted molar refractivity (Wildman–Crippen MR) is 77.4 cm³/mol. The number of primary amides is 1. The average molecular weight is 303 g/mol. The molecular formula is C14H13N3O5. The van der Waals surface area contributed by atoms with Crippen molar-refractivity contribution in [1.82, 2.24) is 4.98 Å². The summed E-state index contributed by atoms with van der Waals surface area (Å²) >= 11 is 0. The molecule has 0 fully saturated rings. The molecule has 0 spiro atoms. The highest BCUT2D eigenvalue weighted by molar-refractivity contribution is 6.07. The number of amides is 1. The van der Waals surface area contributed by atoms with Crippen LogP contribution < -0.4 is 5.73 Å². The van der Waals surface area contributed by atoms with Gasteiger partial charge in [0.25, 0.3) is 11.6 Å². The lowest BCUT2D eigenvalue weighted by Gasteiger charge is -2.06. The van der Waals surface area contributed by atoms with Crippen LogP contribution in [0.3, 0.4) is 0 Å². The number of aromatic nitrogens is 1. The number of benzene rings is 1. The Kier molecular flexibility index (Phi) is 4.21. The molecule has 1 aromatic heterocycles. The van der Waals surface area contributed by atoms with Crippen molar-refractivity contribution in [3.8, 4) is 11.1 Å². The second kappa shape index (κ2) is 6.08. The maximum Gasteiger partial charge on any atom is 0.340 e. The van der Waals surface area contributed by atoms with Crippen molar-refractivity contribution in [1.29, 1.82) is 0 Å². The Morgan fingerprint density at radius 3 is 2.64 bits per heavy atom. The molecule has 0 aliphatic heterocycles. The molecule has 1 heterocycles. The van der Waals surface area contributed by atoms with Gasteiger partial charge in [-0.2, -0.15) is 0 Å². The molecule has 0 aliphatic rings. The van der Waals surface area contributed by atoms with Crippen LogP contribution in [0.1, 0.15) is 27.8 Å². The van der Waals surface area contributed by atoms with Crippen LogP contribution in [0.4, 0.5) is 5.69 Å². The summed E-state index contributed by atoms with van der Waals surface area (Å²) in [6.45, 7) is 1.76. The molecule has 0 radical (unpaired) electrons. The lowest BCUT2D eigenvalue weighted by atomic mass is 9.99. The van der Waals surface area contributed by atoms with Gasteiger partial charge in [-0.05, 0) is 13.0 Å². The number of carbonyl (C=O) groups excluding carboxylic acids is 2. The number of nitrogens with one attached hydrogen (secondary N) is 1. The Balaban J connectivity index is 2.73. The molecule has 1 amide bonds. The number of rotatable bonds is 5. The summed E-state index contributed by atoms with van der Waals surface area (Å²) in [6.07, 6.45) is 1.25. The van der Waals surface area contributed by atoms with E-state index in [4.69, 9.17) is 10.5 Å². The molecule has 8 heteroatoms. The van der Waals surface area contributed by atoms with Gasteiger partial charge in [-0.25, -0.2) is 4.79 Å². The number of hydrogen-bond donors (Lipinski definition) is 2. The maximum absolute atomic E-state index is 12.0. The molecule has 2 rings (SSSR count). The zero-order valence-electron chi connectivity index (χ0n) is 11.7. The summed E-state index contributed by atoms with van der Waals surface area (Å²) in [5, 5.41) is 11.2. The maximum atomic E-state index is 12.0. The van der Waals surface area contributed by atoms with Crippen molar-refractivity contribution < 1.29 is 19.2 Å². The fourth-order valence-electron chi connectivity index (χ4n) is 2.11. The first-order chi connectivity index (χ1) is 10.5. The number of nitrogens with two attached hydrogens (primary N) is 1. The molecule has 0 atom stereocenters. The van der Waals surface area contributed by atoms with E-state index >= 15 is 0 Å². The Labute approximate surface area is 125 Å². The summed E-state index contributed by atoms with van der Waals surface area (Å²) in [5.74, 6) is -1.52. The van der Waals surface area contributed by atoms with E-state index in [9.17, 15) is 19.7 Å². The normalized spacial score (nSPS) is 10.2. The number of nitro groups is 1. The third kappa shape index (κ3) is 2.66. The molecular weight excluding hydrogens is 290 g/mol. The van der Waals surface area contributed by atoms with Gasteiger partial charge < -0.3 is 15.5 Å². The second-order valence-electron chi connectivity index (χ2n) is 4.31. The van der Waals surface area contributed by atoms with Crippen molar-refractivity contribution in [2.75, 3.05) is 6.61 Å². The number of carbonyl (C=O) groups is 2. The molecule has 0 aliphatic carbocycles. The van der Waals surface area contributed by atoms with E-state index in [1.165, 1.54) is 24.4 Å². The number of aromatic amines is 1. The highest BCUT2D eigenvalue weighted by atomic mass is 16.6. The van der Waals surface area contributed by atoms with E-state index in [-0.39, 0.29) is 34.7 Å². The molecule has 0 unspecified atom stereocenters. The first kappa shape index (κ1) is 15.2. The minimum absolute atomic E-state index is 0.0185. The van der Waals surface area contributed by atoms with Gasteiger partial charge in [0.2, 0.25) is 0 Å². The Morgan fingerprint density at radius 1 is 1.36 bits per heavy atom. The highest BCUT2D eigenvalue weighted by Gasteiger charge is 2.27. The number of nitro benzene ring substituents is 1. The topological polar surface area (TPSA) is 128 Å². The standard InChI is InChI=1S/C14H13N3O5/c1-2-22-14(19)9-7-16-12(13(15)18)11(9)8-5-3-4-6-10(8)17(20)21/h3-7,16H,2H2,1H3,(H2,15,18). The molecule has 8 nitrogen and oxygen atoms in total. The Bertz CT molecular complexity index is 751.